The van der Waals surface area contributed by atoms with Crippen molar-refractivity contribution >= 4 is 23.4 Å². The van der Waals surface area contributed by atoms with E-state index in [9.17, 15) is 19.1 Å². The first-order valence-electron chi connectivity index (χ1n) is 11.6. The molecule has 32 heavy (non-hydrogen) atoms. The summed E-state index contributed by atoms with van der Waals surface area (Å²) in [6, 6.07) is 0. The van der Waals surface area contributed by atoms with Gasteiger partial charge in [-0.1, -0.05) is 6.92 Å². The standard InChI is InChI=1S/C21H34ClFN4O5/c1-2-16-24-19(32-27-16)18(30)26-20-5-7-21(8-6-20,15(28)10-20)25-17(29)11-31-12-3-4-13(22)14(23)9-12/h12-16,19,24,27-28H,2-11H2,1H3,(H,25,29)(H,26,30). The molecular weight excluding hydrogens is 443 g/mol. The number of halogens is 2. The average Bonchev–Trinajstić information content (AvgIpc) is 3.25. The molecule has 0 aromatic carbocycles. The predicted molar refractivity (Wildman–Crippen MR) is 114 cm³/mol. The third kappa shape index (κ3) is 5.05. The molecule has 11 heteroatoms. The third-order valence-electron chi connectivity index (χ3n) is 7.52. The molecule has 6 unspecified atom stereocenters. The van der Waals surface area contributed by atoms with E-state index in [0.29, 0.717) is 44.9 Å². The van der Waals surface area contributed by atoms with Gasteiger partial charge in [0.25, 0.3) is 5.91 Å². The number of fused-ring (bicyclic) bond motifs is 3. The third-order valence-corrected chi connectivity index (χ3v) is 8.01. The highest BCUT2D eigenvalue weighted by Gasteiger charge is 2.55. The molecular formula is C21H34ClFN4O5. The van der Waals surface area contributed by atoms with Crippen LogP contribution in [0.4, 0.5) is 4.39 Å². The van der Waals surface area contributed by atoms with Gasteiger partial charge in [0.2, 0.25) is 12.1 Å². The first kappa shape index (κ1) is 24.1. The smallest absolute Gasteiger partial charge is 0.266 e. The van der Waals surface area contributed by atoms with Crippen LogP contribution in [0.15, 0.2) is 0 Å². The molecule has 0 spiro atoms. The van der Waals surface area contributed by atoms with Crippen molar-refractivity contribution in [2.75, 3.05) is 6.61 Å². The van der Waals surface area contributed by atoms with Crippen molar-refractivity contribution in [3.8, 4) is 0 Å². The van der Waals surface area contributed by atoms with Gasteiger partial charge in [0, 0.05) is 12.0 Å². The summed E-state index contributed by atoms with van der Waals surface area (Å²) in [5, 5.41) is 19.5. The number of hydroxylamine groups is 1. The lowest BCUT2D eigenvalue weighted by Gasteiger charge is -2.56. The van der Waals surface area contributed by atoms with E-state index >= 15 is 0 Å². The van der Waals surface area contributed by atoms with Gasteiger partial charge < -0.3 is 20.5 Å². The van der Waals surface area contributed by atoms with Crippen LogP contribution in [0.25, 0.3) is 0 Å². The lowest BCUT2D eigenvalue weighted by atomic mass is 9.60. The van der Waals surface area contributed by atoms with E-state index < -0.39 is 35.0 Å². The second-order valence-corrected chi connectivity index (χ2v) is 10.3. The Balaban J connectivity index is 1.26. The Morgan fingerprint density at radius 3 is 2.62 bits per heavy atom. The molecule has 1 saturated heterocycles. The number of aliphatic hydroxyl groups is 1. The maximum absolute atomic E-state index is 13.8. The van der Waals surface area contributed by atoms with Crippen LogP contribution >= 0.6 is 11.6 Å². The normalized spacial score (nSPS) is 43.8. The monoisotopic (exact) mass is 476 g/mol. The van der Waals surface area contributed by atoms with Crippen molar-refractivity contribution in [1.29, 1.82) is 0 Å². The van der Waals surface area contributed by atoms with Crippen molar-refractivity contribution in [2.45, 2.75) is 112 Å². The van der Waals surface area contributed by atoms with Crippen LogP contribution in [0.1, 0.15) is 64.7 Å². The summed E-state index contributed by atoms with van der Waals surface area (Å²) in [5.74, 6) is -0.573. The van der Waals surface area contributed by atoms with Crippen molar-refractivity contribution < 1.29 is 28.7 Å². The SMILES string of the molecule is CCC1NOC(C(=O)NC23CCC(NC(=O)COC4CCC(Cl)C(F)C4)(CC2)C(O)C3)N1. The highest BCUT2D eigenvalue weighted by atomic mass is 35.5. The Kier molecular flexibility index (Phi) is 7.29. The fraction of sp³-hybridized carbons (Fsp3) is 0.905. The summed E-state index contributed by atoms with van der Waals surface area (Å²) in [6.07, 6.45) is 1.85. The highest BCUT2D eigenvalue weighted by Crippen LogP contribution is 2.47. The van der Waals surface area contributed by atoms with Crippen molar-refractivity contribution in [2.24, 2.45) is 0 Å². The summed E-state index contributed by atoms with van der Waals surface area (Å²) in [6.45, 7) is 1.81. The van der Waals surface area contributed by atoms with Crippen LogP contribution in [0.2, 0.25) is 0 Å². The van der Waals surface area contributed by atoms with Gasteiger partial charge in [0.1, 0.15) is 12.8 Å². The van der Waals surface area contributed by atoms with Crippen LogP contribution in [0.5, 0.6) is 0 Å². The van der Waals surface area contributed by atoms with Crippen molar-refractivity contribution in [3.05, 3.63) is 0 Å². The molecule has 5 N–H and O–H groups in total. The van der Waals surface area contributed by atoms with Gasteiger partial charge in [-0.05, 0) is 51.4 Å². The van der Waals surface area contributed by atoms with E-state index in [-0.39, 0.29) is 37.1 Å². The van der Waals surface area contributed by atoms with Gasteiger partial charge in [-0.25, -0.2) is 4.39 Å². The quantitative estimate of drug-likeness (QED) is 0.343. The number of carbonyl (C=O) groups excluding carboxylic acids is 2. The van der Waals surface area contributed by atoms with Gasteiger partial charge >= 0.3 is 0 Å². The molecule has 0 aromatic rings. The van der Waals surface area contributed by atoms with E-state index in [0.717, 1.165) is 6.42 Å². The number of ether oxygens (including phenoxy) is 1. The largest absolute Gasteiger partial charge is 0.391 e. The topological polar surface area (TPSA) is 121 Å². The van der Waals surface area contributed by atoms with Crippen molar-refractivity contribution in [1.82, 2.24) is 21.4 Å². The molecule has 1 heterocycles. The molecule has 2 bridgehead atoms. The van der Waals surface area contributed by atoms with Crippen LogP contribution in [-0.2, 0) is 19.2 Å². The predicted octanol–water partition coefficient (Wildman–Crippen LogP) is 0.736. The number of carbonyl (C=O) groups is 2. The van der Waals surface area contributed by atoms with Crippen LogP contribution < -0.4 is 21.4 Å². The zero-order valence-electron chi connectivity index (χ0n) is 18.4. The van der Waals surface area contributed by atoms with E-state index in [1.54, 1.807) is 0 Å². The minimum absolute atomic E-state index is 0.0719. The molecule has 2 amide bonds. The first-order valence-corrected chi connectivity index (χ1v) is 12.1. The van der Waals surface area contributed by atoms with E-state index in [1.165, 1.54) is 0 Å². The zero-order chi connectivity index (χ0) is 22.9. The van der Waals surface area contributed by atoms with Gasteiger partial charge in [-0.2, -0.15) is 5.48 Å². The molecule has 6 atom stereocenters. The molecule has 5 rings (SSSR count). The maximum Gasteiger partial charge on any atom is 0.266 e. The van der Waals surface area contributed by atoms with Crippen LogP contribution in [0, 0.1) is 0 Å². The fourth-order valence-electron chi connectivity index (χ4n) is 5.42. The van der Waals surface area contributed by atoms with Crippen LogP contribution in [-0.4, -0.2) is 70.8 Å². The van der Waals surface area contributed by atoms with Gasteiger partial charge in [0.15, 0.2) is 0 Å². The lowest BCUT2D eigenvalue weighted by molar-refractivity contribution is -0.144. The lowest BCUT2D eigenvalue weighted by Crippen LogP contribution is -2.71. The average molecular weight is 477 g/mol. The summed E-state index contributed by atoms with van der Waals surface area (Å²) in [5.41, 5.74) is 1.55. The van der Waals surface area contributed by atoms with E-state index in [2.05, 4.69) is 21.4 Å². The summed E-state index contributed by atoms with van der Waals surface area (Å²) in [4.78, 5) is 30.5. The molecule has 5 fully saturated rings. The molecule has 1 aliphatic heterocycles. The minimum atomic E-state index is -1.12. The summed E-state index contributed by atoms with van der Waals surface area (Å²) in [7, 11) is 0. The molecule has 182 valence electrons. The van der Waals surface area contributed by atoms with Crippen LogP contribution in [0.3, 0.4) is 0 Å². The Morgan fingerprint density at radius 2 is 2.00 bits per heavy atom. The zero-order valence-corrected chi connectivity index (χ0v) is 19.1. The molecule has 0 radical (unpaired) electrons. The van der Waals surface area contributed by atoms with Gasteiger partial charge in [-0.3, -0.25) is 19.7 Å². The van der Waals surface area contributed by atoms with E-state index in [1.807, 2.05) is 6.92 Å². The number of aliphatic hydroxyl groups excluding tert-OH is 1. The maximum atomic E-state index is 13.8. The highest BCUT2D eigenvalue weighted by molar-refractivity contribution is 6.21. The number of rotatable bonds is 7. The number of nitrogens with one attached hydrogen (secondary N) is 4. The molecule has 0 aromatic heterocycles. The summed E-state index contributed by atoms with van der Waals surface area (Å²) >= 11 is 5.90. The van der Waals surface area contributed by atoms with Gasteiger partial charge in [0.05, 0.1) is 29.3 Å². The van der Waals surface area contributed by atoms with E-state index in [4.69, 9.17) is 21.2 Å². The van der Waals surface area contributed by atoms with Crippen molar-refractivity contribution in [3.63, 3.8) is 0 Å². The fourth-order valence-corrected chi connectivity index (χ4v) is 5.65. The second-order valence-electron chi connectivity index (χ2n) is 9.72. The Morgan fingerprint density at radius 1 is 1.25 bits per heavy atom. The number of hydrogen-bond acceptors (Lipinski definition) is 7. The number of alkyl halides is 2. The molecule has 5 aliphatic rings. The Hall–Kier alpha value is -1.04. The summed E-state index contributed by atoms with van der Waals surface area (Å²) < 4.78 is 19.4. The molecule has 4 saturated carbocycles. The Labute approximate surface area is 192 Å². The second kappa shape index (κ2) is 9.68. The van der Waals surface area contributed by atoms with Gasteiger partial charge in [-0.15, -0.1) is 11.6 Å². The molecule has 9 nitrogen and oxygen atoms in total. The number of amides is 2. The number of hydrogen-bond donors (Lipinski definition) is 5. The Bertz CT molecular complexity index is 708. The molecule has 4 aliphatic carbocycles. The first-order chi connectivity index (χ1) is 15.2. The minimum Gasteiger partial charge on any atom is -0.391 e.